The van der Waals surface area contributed by atoms with Crippen LogP contribution in [-0.2, 0) is 11.8 Å². The van der Waals surface area contributed by atoms with Crippen molar-refractivity contribution < 1.29 is 18.3 Å². The van der Waals surface area contributed by atoms with Crippen molar-refractivity contribution in [2.75, 3.05) is 0 Å². The molecule has 0 radical (unpaired) electrons. The molecule has 0 spiro atoms. The number of carbonyl (C=O) groups excluding carboxylic acids is 1. The highest BCUT2D eigenvalue weighted by Gasteiger charge is 2.21. The van der Waals surface area contributed by atoms with Crippen LogP contribution >= 0.6 is 0 Å². The number of aromatic nitrogens is 3. The van der Waals surface area contributed by atoms with Gasteiger partial charge in [0, 0.05) is 18.8 Å². The topological polar surface area (TPSA) is 70.2 Å². The molecule has 6 nitrogen and oxygen atoms in total. The third kappa shape index (κ3) is 3.13. The summed E-state index contributed by atoms with van der Waals surface area (Å²) in [4.78, 5) is 12.1. The van der Waals surface area contributed by atoms with E-state index >= 15 is 0 Å². The number of rotatable bonds is 4. The Hall–Kier alpha value is -2.96. The van der Waals surface area contributed by atoms with E-state index in [1.165, 1.54) is 24.3 Å². The van der Waals surface area contributed by atoms with E-state index in [1.54, 1.807) is 36.9 Å². The predicted octanol–water partition coefficient (Wildman–Crippen LogP) is 3.13. The number of hydrogen-bond donors (Lipinski definition) is 0. The Bertz CT molecular complexity index is 823. The van der Waals surface area contributed by atoms with Crippen molar-refractivity contribution >= 4 is 5.97 Å². The van der Waals surface area contributed by atoms with Gasteiger partial charge in [-0.1, -0.05) is 0 Å². The van der Waals surface area contributed by atoms with Gasteiger partial charge < -0.3 is 13.7 Å². The molecule has 118 valence electrons. The zero-order chi connectivity index (χ0) is 16.4. The lowest BCUT2D eigenvalue weighted by Crippen LogP contribution is -2.12. The Morgan fingerprint density at radius 3 is 2.65 bits per heavy atom. The normalized spacial score (nSPS) is 12.1. The third-order valence-corrected chi connectivity index (χ3v) is 3.32. The van der Waals surface area contributed by atoms with Gasteiger partial charge in [0.05, 0.1) is 0 Å². The molecule has 23 heavy (non-hydrogen) atoms. The first-order valence-corrected chi connectivity index (χ1v) is 6.96. The van der Waals surface area contributed by atoms with E-state index in [9.17, 15) is 9.18 Å². The molecule has 0 N–H and O–H groups in total. The molecule has 0 aliphatic heterocycles. The van der Waals surface area contributed by atoms with Gasteiger partial charge >= 0.3 is 5.97 Å². The Balaban J connectivity index is 1.73. The first-order valence-electron chi connectivity index (χ1n) is 6.96. The molecule has 3 aromatic rings. The van der Waals surface area contributed by atoms with Crippen LogP contribution in [0.15, 0.2) is 47.0 Å². The molecule has 0 saturated carbocycles. The molecule has 1 aromatic carbocycles. The predicted molar refractivity (Wildman–Crippen MR) is 78.9 cm³/mol. The average molecular weight is 315 g/mol. The van der Waals surface area contributed by atoms with Crippen LogP contribution in [0.5, 0.6) is 0 Å². The summed E-state index contributed by atoms with van der Waals surface area (Å²) >= 11 is 0. The van der Waals surface area contributed by atoms with Crippen LogP contribution < -0.4 is 0 Å². The van der Waals surface area contributed by atoms with Gasteiger partial charge in [0.15, 0.2) is 6.10 Å². The largest absolute Gasteiger partial charge is 0.448 e. The molecule has 0 unspecified atom stereocenters. The minimum Gasteiger partial charge on any atom is -0.448 e. The van der Waals surface area contributed by atoms with Gasteiger partial charge in [-0.15, -0.1) is 10.2 Å². The molecular weight excluding hydrogens is 301 g/mol. The summed E-state index contributed by atoms with van der Waals surface area (Å²) in [5.41, 5.74) is 1.02. The van der Waals surface area contributed by atoms with E-state index in [2.05, 4.69) is 10.2 Å². The number of esters is 1. The molecule has 1 atom stereocenters. The second kappa shape index (κ2) is 6.04. The van der Waals surface area contributed by atoms with Crippen LogP contribution in [0.4, 0.5) is 4.39 Å². The maximum Gasteiger partial charge on any atom is 0.355 e. The molecule has 0 amide bonds. The lowest BCUT2D eigenvalue weighted by Gasteiger charge is -2.09. The fourth-order valence-corrected chi connectivity index (χ4v) is 2.05. The molecule has 0 fully saturated rings. The van der Waals surface area contributed by atoms with Crippen molar-refractivity contribution in [3.8, 4) is 11.5 Å². The van der Waals surface area contributed by atoms with Crippen molar-refractivity contribution in [3.63, 3.8) is 0 Å². The van der Waals surface area contributed by atoms with Crippen molar-refractivity contribution in [1.29, 1.82) is 0 Å². The van der Waals surface area contributed by atoms with Gasteiger partial charge in [0.25, 0.3) is 5.89 Å². The first kappa shape index (κ1) is 15.0. The standard InChI is InChI=1S/C16H14FN3O3/c1-10(22-16(21)13-4-3-9-20(13)2)14-18-19-15(23-14)11-5-7-12(17)8-6-11/h3-10H,1-2H3/t10-/m1/s1. The van der Waals surface area contributed by atoms with Crippen LogP contribution in [0, 0.1) is 5.82 Å². The molecule has 0 aliphatic carbocycles. The van der Waals surface area contributed by atoms with Crippen LogP contribution in [-0.4, -0.2) is 20.7 Å². The molecular formula is C16H14FN3O3. The van der Waals surface area contributed by atoms with Crippen molar-refractivity contribution in [2.24, 2.45) is 7.05 Å². The zero-order valence-electron chi connectivity index (χ0n) is 12.6. The SMILES string of the molecule is C[C@@H](OC(=O)c1cccn1C)c1nnc(-c2ccc(F)cc2)o1. The highest BCUT2D eigenvalue weighted by Crippen LogP contribution is 2.23. The maximum absolute atomic E-state index is 12.9. The van der Waals surface area contributed by atoms with Gasteiger partial charge in [-0.25, -0.2) is 9.18 Å². The third-order valence-electron chi connectivity index (χ3n) is 3.32. The highest BCUT2D eigenvalue weighted by atomic mass is 19.1. The number of aryl methyl sites for hydroxylation is 1. The monoisotopic (exact) mass is 315 g/mol. The average Bonchev–Trinajstić information content (AvgIpc) is 3.17. The molecule has 3 rings (SSSR count). The number of carbonyl (C=O) groups is 1. The number of halogens is 1. The fraction of sp³-hybridized carbons (Fsp3) is 0.188. The zero-order valence-corrected chi connectivity index (χ0v) is 12.6. The Kier molecular flexibility index (Phi) is 3.92. The van der Waals surface area contributed by atoms with E-state index in [4.69, 9.17) is 9.15 Å². The Morgan fingerprint density at radius 2 is 2.00 bits per heavy atom. The van der Waals surface area contributed by atoms with E-state index in [1.807, 2.05) is 0 Å². The van der Waals surface area contributed by atoms with Gasteiger partial charge in [-0.3, -0.25) is 0 Å². The molecule has 7 heteroatoms. The van der Waals surface area contributed by atoms with E-state index in [-0.39, 0.29) is 17.6 Å². The number of nitrogens with zero attached hydrogens (tertiary/aromatic N) is 3. The molecule has 2 heterocycles. The lowest BCUT2D eigenvalue weighted by atomic mass is 10.2. The molecule has 0 bridgehead atoms. The van der Waals surface area contributed by atoms with Gasteiger partial charge in [0.2, 0.25) is 5.89 Å². The minimum atomic E-state index is -0.695. The van der Waals surface area contributed by atoms with Crippen molar-refractivity contribution in [3.05, 3.63) is 60.0 Å². The quantitative estimate of drug-likeness (QED) is 0.692. The molecule has 2 aromatic heterocycles. The van der Waals surface area contributed by atoms with Crippen LogP contribution in [0.2, 0.25) is 0 Å². The second-order valence-electron chi connectivity index (χ2n) is 5.00. The highest BCUT2D eigenvalue weighted by molar-refractivity contribution is 5.87. The first-order chi connectivity index (χ1) is 11.0. The summed E-state index contributed by atoms with van der Waals surface area (Å²) in [7, 11) is 1.75. The van der Waals surface area contributed by atoms with Crippen molar-refractivity contribution in [1.82, 2.24) is 14.8 Å². The second-order valence-corrected chi connectivity index (χ2v) is 5.00. The van der Waals surface area contributed by atoms with E-state index < -0.39 is 12.1 Å². The minimum absolute atomic E-state index is 0.173. The summed E-state index contributed by atoms with van der Waals surface area (Å²) in [6.07, 6.45) is 1.06. The van der Waals surface area contributed by atoms with Crippen LogP contribution in [0.25, 0.3) is 11.5 Å². The van der Waals surface area contributed by atoms with Gasteiger partial charge in [-0.2, -0.15) is 0 Å². The fourth-order valence-electron chi connectivity index (χ4n) is 2.05. The number of hydrogen-bond acceptors (Lipinski definition) is 5. The van der Waals surface area contributed by atoms with E-state index in [0.717, 1.165) is 0 Å². The van der Waals surface area contributed by atoms with Gasteiger partial charge in [0.1, 0.15) is 11.5 Å². The molecule has 0 aliphatic rings. The maximum atomic E-state index is 12.9. The summed E-state index contributed by atoms with van der Waals surface area (Å²) in [6.45, 7) is 1.64. The Morgan fingerprint density at radius 1 is 1.26 bits per heavy atom. The van der Waals surface area contributed by atoms with Crippen LogP contribution in [0.3, 0.4) is 0 Å². The molecule has 0 saturated heterocycles. The lowest BCUT2D eigenvalue weighted by molar-refractivity contribution is 0.0269. The summed E-state index contributed by atoms with van der Waals surface area (Å²) in [6, 6.07) is 9.09. The van der Waals surface area contributed by atoms with Crippen LogP contribution in [0.1, 0.15) is 29.4 Å². The number of ether oxygens (including phenoxy) is 1. The smallest absolute Gasteiger partial charge is 0.355 e. The van der Waals surface area contributed by atoms with Gasteiger partial charge in [-0.05, 0) is 43.3 Å². The van der Waals surface area contributed by atoms with Crippen molar-refractivity contribution in [2.45, 2.75) is 13.0 Å². The Labute approximate surface area is 131 Å². The van der Waals surface area contributed by atoms with E-state index in [0.29, 0.717) is 11.3 Å². The summed E-state index contributed by atoms with van der Waals surface area (Å²) in [5.74, 6) is -0.418. The number of benzene rings is 1. The summed E-state index contributed by atoms with van der Waals surface area (Å²) in [5, 5.41) is 7.77. The summed E-state index contributed by atoms with van der Waals surface area (Å²) < 4.78 is 25.4.